The number of aromatic amines is 1. The first-order chi connectivity index (χ1) is 15.9. The zero-order valence-electron chi connectivity index (χ0n) is 17.4. The van der Waals surface area contributed by atoms with Crippen molar-refractivity contribution in [1.29, 1.82) is 0 Å². The van der Waals surface area contributed by atoms with Crippen LogP contribution >= 0.6 is 7.52 Å². The van der Waals surface area contributed by atoms with Crippen LogP contribution in [0, 0.1) is 0 Å². The number of carboxylic acid groups (broad SMARTS) is 1. The molecule has 0 amide bonds. The van der Waals surface area contributed by atoms with E-state index in [-0.39, 0.29) is 5.75 Å². The fraction of sp³-hybridized carbons (Fsp3) is 0.316. The summed E-state index contributed by atoms with van der Waals surface area (Å²) in [6.07, 6.45) is -5.57. The van der Waals surface area contributed by atoms with Crippen molar-refractivity contribution in [2.24, 2.45) is 0 Å². The highest BCUT2D eigenvalue weighted by atomic mass is 31.2. The van der Waals surface area contributed by atoms with Crippen molar-refractivity contribution in [3.05, 3.63) is 75.1 Å². The molecule has 1 aliphatic heterocycles. The van der Waals surface area contributed by atoms with Crippen LogP contribution in [0.3, 0.4) is 0 Å². The van der Waals surface area contributed by atoms with Gasteiger partial charge in [-0.2, -0.15) is 13.2 Å². The second-order valence-corrected chi connectivity index (χ2v) is 9.10. The van der Waals surface area contributed by atoms with E-state index in [0.29, 0.717) is 10.8 Å². The first kappa shape index (κ1) is 25.4. The monoisotopic (exact) mass is 505 g/mol. The Morgan fingerprint density at radius 2 is 1.97 bits per heavy atom. The summed E-state index contributed by atoms with van der Waals surface area (Å²) in [5.41, 5.74) is -4.34. The summed E-state index contributed by atoms with van der Waals surface area (Å²) in [4.78, 5) is 36.2. The third kappa shape index (κ3) is 6.23. The van der Waals surface area contributed by atoms with Gasteiger partial charge in [-0.25, -0.2) is 9.88 Å². The standard InChI is InChI=1S/C19H19F3N3O8P/c1-11(17(27)28)24-34(30,33-12-5-3-2-4-6-12)10-31-15-8-7-14(32-15)25-9-13(19(20,21)22)16(26)23-18(25)29/h2-9,11,14-15H,10H2,1H3,(H,24,30)(H,27,28)(H,23,26,29)/t11?,14-,15+,34?/m1/s1. The normalized spacial score (nSPS) is 20.6. The molecule has 1 aromatic heterocycles. The van der Waals surface area contributed by atoms with Gasteiger partial charge in [0.15, 0.2) is 18.9 Å². The van der Waals surface area contributed by atoms with Crippen molar-refractivity contribution in [1.82, 2.24) is 14.6 Å². The molecule has 0 spiro atoms. The lowest BCUT2D eigenvalue weighted by molar-refractivity contribution is -0.141. The molecule has 2 aromatic rings. The Morgan fingerprint density at radius 3 is 2.59 bits per heavy atom. The van der Waals surface area contributed by atoms with E-state index in [1.54, 1.807) is 23.2 Å². The number of carboxylic acids is 1. The lowest BCUT2D eigenvalue weighted by atomic mass is 10.3. The minimum atomic E-state index is -5.00. The smallest absolute Gasteiger partial charge is 0.423 e. The Labute approximate surface area is 189 Å². The Balaban J connectivity index is 1.73. The van der Waals surface area contributed by atoms with Gasteiger partial charge in [0.05, 0.1) is 0 Å². The Morgan fingerprint density at radius 1 is 1.29 bits per heavy atom. The fourth-order valence-electron chi connectivity index (χ4n) is 2.81. The van der Waals surface area contributed by atoms with Gasteiger partial charge in [-0.1, -0.05) is 18.2 Å². The Kier molecular flexibility index (Phi) is 7.46. The average molecular weight is 505 g/mol. The van der Waals surface area contributed by atoms with Crippen LogP contribution in [0.4, 0.5) is 13.2 Å². The SMILES string of the molecule is CC(NP(=O)(CO[C@@H]1C=C[C@H](n2cc(C(F)(F)F)c(=O)[nH]c2=O)O1)Oc1ccccc1)C(=O)O. The average Bonchev–Trinajstić information content (AvgIpc) is 3.21. The van der Waals surface area contributed by atoms with E-state index in [4.69, 9.17) is 19.1 Å². The summed E-state index contributed by atoms with van der Waals surface area (Å²) >= 11 is 0. The number of H-pyrrole nitrogens is 1. The maximum absolute atomic E-state index is 13.2. The first-order valence-corrected chi connectivity index (χ1v) is 11.4. The van der Waals surface area contributed by atoms with Gasteiger partial charge in [0.25, 0.3) is 5.56 Å². The largest absolute Gasteiger partial charge is 0.480 e. The van der Waals surface area contributed by atoms with Crippen LogP contribution in [0.15, 0.2) is 58.3 Å². The number of halogens is 3. The van der Waals surface area contributed by atoms with Crippen molar-refractivity contribution in [3.8, 4) is 5.75 Å². The van der Waals surface area contributed by atoms with Crippen LogP contribution in [0.2, 0.25) is 0 Å². The highest BCUT2D eigenvalue weighted by Gasteiger charge is 2.36. The van der Waals surface area contributed by atoms with Crippen molar-refractivity contribution >= 4 is 13.5 Å². The van der Waals surface area contributed by atoms with Crippen molar-refractivity contribution in [2.45, 2.75) is 31.7 Å². The Bertz CT molecular complexity index is 1230. The van der Waals surface area contributed by atoms with Crippen molar-refractivity contribution < 1.29 is 41.6 Å². The van der Waals surface area contributed by atoms with Crippen molar-refractivity contribution in [2.75, 3.05) is 6.35 Å². The molecule has 3 N–H and O–H groups in total. The molecule has 34 heavy (non-hydrogen) atoms. The number of nitrogens with zero attached hydrogens (tertiary/aromatic N) is 1. The van der Waals surface area contributed by atoms with E-state index >= 15 is 0 Å². The predicted molar refractivity (Wildman–Crippen MR) is 110 cm³/mol. The first-order valence-electron chi connectivity index (χ1n) is 9.60. The maximum Gasteiger partial charge on any atom is 0.423 e. The number of nitrogens with one attached hydrogen (secondary N) is 2. The molecule has 1 aliphatic rings. The summed E-state index contributed by atoms with van der Waals surface area (Å²) in [5, 5.41) is 11.5. The summed E-state index contributed by atoms with van der Waals surface area (Å²) in [5.74, 6) is -1.13. The van der Waals surface area contributed by atoms with Gasteiger partial charge < -0.3 is 19.1 Å². The molecule has 0 bridgehead atoms. The molecule has 15 heteroatoms. The second-order valence-electron chi connectivity index (χ2n) is 7.05. The van der Waals surface area contributed by atoms with Crippen LogP contribution in [-0.2, 0) is 25.0 Å². The molecule has 1 aromatic carbocycles. The number of para-hydroxylation sites is 1. The Hall–Kier alpha value is -3.19. The number of hydrogen-bond donors (Lipinski definition) is 3. The summed E-state index contributed by atoms with van der Waals surface area (Å²) in [6, 6.07) is 6.59. The quantitative estimate of drug-likeness (QED) is 0.345. The highest BCUT2D eigenvalue weighted by molar-refractivity contribution is 7.57. The lowest BCUT2D eigenvalue weighted by Crippen LogP contribution is -2.37. The van der Waals surface area contributed by atoms with Gasteiger partial charge in [0.2, 0.25) is 0 Å². The molecule has 0 fully saturated rings. The van der Waals surface area contributed by atoms with E-state index in [0.717, 1.165) is 0 Å². The van der Waals surface area contributed by atoms with Gasteiger partial charge in [0, 0.05) is 6.20 Å². The molecule has 0 saturated heterocycles. The van der Waals surface area contributed by atoms with Gasteiger partial charge in [-0.15, -0.1) is 0 Å². The maximum atomic E-state index is 13.2. The molecule has 184 valence electrons. The van der Waals surface area contributed by atoms with Gasteiger partial charge in [-0.05, 0) is 31.2 Å². The van der Waals surface area contributed by atoms with E-state index in [2.05, 4.69) is 5.09 Å². The van der Waals surface area contributed by atoms with Crippen LogP contribution in [0.1, 0.15) is 18.7 Å². The van der Waals surface area contributed by atoms with Gasteiger partial charge in [-0.3, -0.25) is 23.7 Å². The molecule has 4 atom stereocenters. The number of benzene rings is 1. The van der Waals surface area contributed by atoms with Gasteiger partial charge >= 0.3 is 25.4 Å². The minimum absolute atomic E-state index is 0.166. The number of aliphatic carboxylic acids is 1. The second kappa shape index (κ2) is 9.97. The number of ether oxygens (including phenoxy) is 2. The lowest BCUT2D eigenvalue weighted by Gasteiger charge is -2.24. The molecule has 3 rings (SSSR count). The molecular weight excluding hydrogens is 486 g/mol. The molecule has 0 radical (unpaired) electrons. The summed E-state index contributed by atoms with van der Waals surface area (Å²) in [7, 11) is -3.97. The number of rotatable bonds is 9. The molecule has 2 heterocycles. The molecule has 0 saturated carbocycles. The summed E-state index contributed by atoms with van der Waals surface area (Å²) in [6.45, 7) is 1.24. The number of aromatic nitrogens is 2. The summed E-state index contributed by atoms with van der Waals surface area (Å²) < 4.78 is 68.9. The molecule has 0 aliphatic carbocycles. The van der Waals surface area contributed by atoms with Crippen LogP contribution in [0.5, 0.6) is 5.75 Å². The fourth-order valence-corrected chi connectivity index (χ4v) is 4.49. The van der Waals surface area contributed by atoms with Crippen molar-refractivity contribution in [3.63, 3.8) is 0 Å². The van der Waals surface area contributed by atoms with E-state index in [9.17, 15) is 32.1 Å². The van der Waals surface area contributed by atoms with E-state index in [1.165, 1.54) is 31.2 Å². The predicted octanol–water partition coefficient (Wildman–Crippen LogP) is 2.28. The molecule has 2 unspecified atom stereocenters. The topological polar surface area (TPSA) is 149 Å². The molecular formula is C19H19F3N3O8P. The zero-order valence-corrected chi connectivity index (χ0v) is 18.3. The zero-order chi connectivity index (χ0) is 25.1. The third-order valence-electron chi connectivity index (χ3n) is 4.42. The van der Waals surface area contributed by atoms with Crippen LogP contribution < -0.4 is 20.9 Å². The van der Waals surface area contributed by atoms with Crippen LogP contribution in [-0.4, -0.2) is 39.3 Å². The molecule has 11 nitrogen and oxygen atoms in total. The number of alkyl halides is 3. The number of hydrogen-bond acceptors (Lipinski definition) is 7. The third-order valence-corrected chi connectivity index (χ3v) is 6.19. The van der Waals surface area contributed by atoms with Crippen LogP contribution in [0.25, 0.3) is 0 Å². The number of carbonyl (C=O) groups is 1. The highest BCUT2D eigenvalue weighted by Crippen LogP contribution is 2.44. The van der Waals surface area contributed by atoms with E-state index in [1.807, 2.05) is 0 Å². The minimum Gasteiger partial charge on any atom is -0.480 e. The van der Waals surface area contributed by atoms with Gasteiger partial charge in [0.1, 0.15) is 17.4 Å². The van der Waals surface area contributed by atoms with E-state index < -0.39 is 61.4 Å².